The highest BCUT2D eigenvalue weighted by Gasteiger charge is 2.28. The SMILES string of the molecule is Cc1cnn(C)c1-c1cc(OC2CN(C=O)C2)c(F)cn1. The van der Waals surface area contributed by atoms with Crippen molar-refractivity contribution in [1.82, 2.24) is 19.7 Å². The van der Waals surface area contributed by atoms with Crippen LogP contribution in [0.15, 0.2) is 18.5 Å². The van der Waals surface area contributed by atoms with Crippen LogP contribution in [0.3, 0.4) is 0 Å². The first-order chi connectivity index (χ1) is 10.1. The van der Waals surface area contributed by atoms with Crippen LogP contribution < -0.4 is 4.74 Å². The van der Waals surface area contributed by atoms with Gasteiger partial charge in [-0.3, -0.25) is 14.5 Å². The van der Waals surface area contributed by atoms with Gasteiger partial charge in [-0.1, -0.05) is 0 Å². The number of hydrogen-bond acceptors (Lipinski definition) is 4. The lowest BCUT2D eigenvalue weighted by Crippen LogP contribution is -2.52. The van der Waals surface area contributed by atoms with E-state index in [1.807, 2.05) is 14.0 Å². The van der Waals surface area contributed by atoms with Crippen LogP contribution in [0.25, 0.3) is 11.4 Å². The minimum absolute atomic E-state index is 0.149. The van der Waals surface area contributed by atoms with Crippen molar-refractivity contribution in [2.24, 2.45) is 7.05 Å². The molecule has 0 aromatic carbocycles. The van der Waals surface area contributed by atoms with Gasteiger partial charge in [0.25, 0.3) is 0 Å². The summed E-state index contributed by atoms with van der Waals surface area (Å²) < 4.78 is 21.1. The van der Waals surface area contributed by atoms with Gasteiger partial charge in [0.1, 0.15) is 6.10 Å². The highest BCUT2D eigenvalue weighted by Crippen LogP contribution is 2.27. The van der Waals surface area contributed by atoms with Gasteiger partial charge in [0, 0.05) is 13.1 Å². The van der Waals surface area contributed by atoms with Gasteiger partial charge in [-0.15, -0.1) is 0 Å². The van der Waals surface area contributed by atoms with E-state index >= 15 is 0 Å². The molecular weight excluding hydrogens is 275 g/mol. The third-order valence-electron chi connectivity index (χ3n) is 3.50. The third kappa shape index (κ3) is 2.46. The summed E-state index contributed by atoms with van der Waals surface area (Å²) >= 11 is 0. The maximum absolute atomic E-state index is 13.8. The van der Waals surface area contributed by atoms with Crippen LogP contribution in [-0.2, 0) is 11.8 Å². The van der Waals surface area contributed by atoms with Crippen LogP contribution in [0.4, 0.5) is 4.39 Å². The Morgan fingerprint density at radius 1 is 1.43 bits per heavy atom. The first-order valence-corrected chi connectivity index (χ1v) is 6.59. The molecule has 0 saturated carbocycles. The molecule has 0 spiro atoms. The Labute approximate surface area is 121 Å². The monoisotopic (exact) mass is 290 g/mol. The molecule has 0 radical (unpaired) electrons. The van der Waals surface area contributed by atoms with E-state index in [2.05, 4.69) is 10.1 Å². The van der Waals surface area contributed by atoms with Crippen molar-refractivity contribution in [3.63, 3.8) is 0 Å². The normalized spacial score (nSPS) is 14.9. The Morgan fingerprint density at radius 3 is 2.81 bits per heavy atom. The maximum Gasteiger partial charge on any atom is 0.209 e. The van der Waals surface area contributed by atoms with Crippen molar-refractivity contribution in [2.75, 3.05) is 13.1 Å². The summed E-state index contributed by atoms with van der Waals surface area (Å²) in [6.45, 7) is 2.87. The Kier molecular flexibility index (Phi) is 3.32. The molecule has 3 rings (SSSR count). The quantitative estimate of drug-likeness (QED) is 0.793. The van der Waals surface area contributed by atoms with Crippen LogP contribution in [0.2, 0.25) is 0 Å². The molecule has 1 saturated heterocycles. The third-order valence-corrected chi connectivity index (χ3v) is 3.50. The van der Waals surface area contributed by atoms with E-state index in [0.717, 1.165) is 23.9 Å². The Balaban J connectivity index is 1.85. The van der Waals surface area contributed by atoms with Crippen molar-refractivity contribution in [2.45, 2.75) is 13.0 Å². The molecule has 1 aliphatic heterocycles. The summed E-state index contributed by atoms with van der Waals surface area (Å²) in [5, 5.41) is 4.15. The van der Waals surface area contributed by atoms with Gasteiger partial charge >= 0.3 is 0 Å². The molecule has 6 nitrogen and oxygen atoms in total. The van der Waals surface area contributed by atoms with Gasteiger partial charge in [-0.2, -0.15) is 5.10 Å². The molecule has 0 N–H and O–H groups in total. The van der Waals surface area contributed by atoms with Gasteiger partial charge in [0.15, 0.2) is 11.6 Å². The summed E-state index contributed by atoms with van der Waals surface area (Å²) in [6, 6.07) is 1.57. The number of likely N-dealkylation sites (tertiary alicyclic amines) is 1. The summed E-state index contributed by atoms with van der Waals surface area (Å²) in [4.78, 5) is 16.2. The molecule has 1 aliphatic rings. The molecule has 1 fully saturated rings. The molecule has 1 amide bonds. The van der Waals surface area contributed by atoms with Gasteiger partial charge in [0.05, 0.1) is 36.9 Å². The van der Waals surface area contributed by atoms with Gasteiger partial charge < -0.3 is 9.64 Å². The van der Waals surface area contributed by atoms with E-state index in [1.165, 1.54) is 0 Å². The Morgan fingerprint density at radius 2 is 2.19 bits per heavy atom. The van der Waals surface area contributed by atoms with E-state index in [9.17, 15) is 9.18 Å². The molecule has 3 heterocycles. The summed E-state index contributed by atoms with van der Waals surface area (Å²) in [7, 11) is 1.81. The van der Waals surface area contributed by atoms with E-state index in [-0.39, 0.29) is 11.9 Å². The standard InChI is InChI=1S/C14H15FN4O2/c1-9-4-17-18(2)14(9)12-3-13(11(15)5-16-12)21-10-6-19(7-10)8-20/h3-5,8,10H,6-7H2,1-2H3. The predicted octanol–water partition coefficient (Wildman–Crippen LogP) is 1.15. The fourth-order valence-corrected chi connectivity index (χ4v) is 2.36. The van der Waals surface area contributed by atoms with Gasteiger partial charge in [-0.25, -0.2) is 4.39 Å². The Bertz CT molecular complexity index is 660. The molecular formula is C14H15FN4O2. The first-order valence-electron chi connectivity index (χ1n) is 6.59. The molecule has 21 heavy (non-hydrogen) atoms. The minimum atomic E-state index is -0.511. The molecule has 110 valence electrons. The van der Waals surface area contributed by atoms with Crippen LogP contribution in [-0.4, -0.2) is 45.3 Å². The number of carbonyl (C=O) groups excluding carboxylic acids is 1. The minimum Gasteiger partial charge on any atom is -0.484 e. The van der Waals surface area contributed by atoms with Crippen LogP contribution in [0, 0.1) is 12.7 Å². The second-order valence-electron chi connectivity index (χ2n) is 5.10. The van der Waals surface area contributed by atoms with Gasteiger partial charge in [-0.05, 0) is 12.5 Å². The molecule has 0 atom stereocenters. The Hall–Kier alpha value is -2.44. The smallest absolute Gasteiger partial charge is 0.209 e. The average molecular weight is 290 g/mol. The average Bonchev–Trinajstić information content (AvgIpc) is 2.75. The second-order valence-corrected chi connectivity index (χ2v) is 5.10. The first kappa shape index (κ1) is 13.5. The number of amides is 1. The summed E-state index contributed by atoms with van der Waals surface area (Å²) in [5.74, 6) is -0.362. The fourth-order valence-electron chi connectivity index (χ4n) is 2.36. The van der Waals surface area contributed by atoms with Crippen molar-refractivity contribution in [1.29, 1.82) is 0 Å². The van der Waals surface area contributed by atoms with E-state index in [0.29, 0.717) is 18.8 Å². The largest absolute Gasteiger partial charge is 0.484 e. The number of aromatic nitrogens is 3. The summed E-state index contributed by atoms with van der Waals surface area (Å²) in [6.07, 6.45) is 3.46. The van der Waals surface area contributed by atoms with Crippen molar-refractivity contribution in [3.05, 3.63) is 29.8 Å². The van der Waals surface area contributed by atoms with Crippen molar-refractivity contribution >= 4 is 6.41 Å². The zero-order valence-corrected chi connectivity index (χ0v) is 11.8. The van der Waals surface area contributed by atoms with Crippen molar-refractivity contribution < 1.29 is 13.9 Å². The highest BCUT2D eigenvalue weighted by molar-refractivity contribution is 5.60. The van der Waals surface area contributed by atoms with Crippen LogP contribution in [0.5, 0.6) is 5.75 Å². The molecule has 2 aromatic rings. The van der Waals surface area contributed by atoms with Gasteiger partial charge in [0.2, 0.25) is 6.41 Å². The number of nitrogens with zero attached hydrogens (tertiary/aromatic N) is 4. The van der Waals surface area contributed by atoms with E-state index in [1.54, 1.807) is 21.8 Å². The molecule has 2 aromatic heterocycles. The zero-order chi connectivity index (χ0) is 15.0. The summed E-state index contributed by atoms with van der Waals surface area (Å²) in [5.41, 5.74) is 2.39. The number of carbonyl (C=O) groups is 1. The molecule has 7 heteroatoms. The number of rotatable bonds is 4. The predicted molar refractivity (Wildman–Crippen MR) is 73.2 cm³/mol. The second kappa shape index (κ2) is 5.16. The number of aryl methyl sites for hydroxylation is 2. The molecule has 0 unspecified atom stereocenters. The highest BCUT2D eigenvalue weighted by atomic mass is 19.1. The lowest BCUT2D eigenvalue weighted by molar-refractivity contribution is -0.126. The lowest BCUT2D eigenvalue weighted by Gasteiger charge is -2.36. The lowest BCUT2D eigenvalue weighted by atomic mass is 10.1. The molecule has 0 aliphatic carbocycles. The van der Waals surface area contributed by atoms with E-state index < -0.39 is 5.82 Å². The van der Waals surface area contributed by atoms with E-state index in [4.69, 9.17) is 4.74 Å². The topological polar surface area (TPSA) is 60.2 Å². The van der Waals surface area contributed by atoms with Crippen LogP contribution in [0.1, 0.15) is 5.56 Å². The zero-order valence-electron chi connectivity index (χ0n) is 11.8. The number of ether oxygens (including phenoxy) is 1. The number of pyridine rings is 1. The maximum atomic E-state index is 13.8. The molecule has 0 bridgehead atoms. The van der Waals surface area contributed by atoms with Crippen molar-refractivity contribution in [3.8, 4) is 17.1 Å². The number of hydrogen-bond donors (Lipinski definition) is 0. The number of halogens is 1. The van der Waals surface area contributed by atoms with Crippen LogP contribution >= 0.6 is 0 Å². The fraction of sp³-hybridized carbons (Fsp3) is 0.357.